The van der Waals surface area contributed by atoms with Crippen LogP contribution in [-0.4, -0.2) is 41.5 Å². The second-order valence-electron chi connectivity index (χ2n) is 9.57. The van der Waals surface area contributed by atoms with Crippen LogP contribution in [0.4, 0.5) is 5.82 Å². The molecule has 1 aliphatic rings. The van der Waals surface area contributed by atoms with E-state index in [9.17, 15) is 23.1 Å². The number of carbonyl (C=O) groups is 1. The van der Waals surface area contributed by atoms with Gasteiger partial charge >= 0.3 is 0 Å². The Bertz CT molecular complexity index is 1460. The molecule has 0 saturated carbocycles. The van der Waals surface area contributed by atoms with Crippen molar-refractivity contribution in [2.24, 2.45) is 5.92 Å². The van der Waals surface area contributed by atoms with Gasteiger partial charge in [0.05, 0.1) is 11.3 Å². The average Bonchev–Trinajstić information content (AvgIpc) is 3.06. The molecule has 0 radical (unpaired) electrons. The first-order valence-corrected chi connectivity index (χ1v) is 12.7. The van der Waals surface area contributed by atoms with E-state index >= 15 is 0 Å². The summed E-state index contributed by atoms with van der Waals surface area (Å²) in [4.78, 5) is 33.7. The fourth-order valence-corrected chi connectivity index (χ4v) is 5.68. The van der Waals surface area contributed by atoms with Crippen LogP contribution in [0.5, 0.6) is 5.75 Å². The maximum Gasteiger partial charge on any atom is 0.269 e. The first-order valence-electron chi connectivity index (χ1n) is 11.2. The lowest BCUT2D eigenvalue weighted by Crippen LogP contribution is -2.41. The predicted octanol–water partition coefficient (Wildman–Crippen LogP) is 3.19. The number of carbonyl (C=O) groups excluding carboxylic acids is 1. The van der Waals surface area contributed by atoms with Gasteiger partial charge in [-0.15, -0.1) is 0 Å². The summed E-state index contributed by atoms with van der Waals surface area (Å²) >= 11 is 0. The number of H-pyrrole nitrogens is 1. The minimum absolute atomic E-state index is 0.0546. The number of aryl methyl sites for hydroxylation is 1. The van der Waals surface area contributed by atoms with Crippen molar-refractivity contribution in [1.82, 2.24) is 14.7 Å². The minimum atomic E-state index is -4.42. The fourth-order valence-electron chi connectivity index (χ4n) is 4.66. The number of phenols is 1. The lowest BCUT2D eigenvalue weighted by atomic mass is 9.97. The van der Waals surface area contributed by atoms with Crippen molar-refractivity contribution in [2.45, 2.75) is 44.6 Å². The maximum atomic E-state index is 13.3. The van der Waals surface area contributed by atoms with E-state index in [2.05, 4.69) is 11.9 Å². The third-order valence-electron chi connectivity index (χ3n) is 6.26. The fraction of sp³-hybridized carbons (Fsp3) is 0.320. The number of para-hydroxylation sites is 1. The summed E-state index contributed by atoms with van der Waals surface area (Å²) < 4.78 is 27.6. The number of aromatic hydroxyl groups is 1. The summed E-state index contributed by atoms with van der Waals surface area (Å²) in [7, 11) is -4.42. The normalized spacial score (nSPS) is 17.4. The summed E-state index contributed by atoms with van der Waals surface area (Å²) in [6, 6.07) is 10.9. The minimum Gasteiger partial charge on any atom is -0.507 e. The lowest BCUT2D eigenvalue weighted by molar-refractivity contribution is 0.0981. The number of anilines is 1. The molecule has 9 nitrogen and oxygen atoms in total. The van der Waals surface area contributed by atoms with E-state index in [4.69, 9.17) is 4.98 Å². The topological polar surface area (TPSA) is 132 Å². The van der Waals surface area contributed by atoms with Crippen LogP contribution in [0.2, 0.25) is 0 Å². The first kappa shape index (κ1) is 24.5. The van der Waals surface area contributed by atoms with Gasteiger partial charge in [-0.05, 0) is 69.0 Å². The molecule has 1 aromatic carbocycles. The molecule has 0 bridgehead atoms. The van der Waals surface area contributed by atoms with Crippen molar-refractivity contribution in [3.8, 4) is 17.0 Å². The smallest absolute Gasteiger partial charge is 0.269 e. The number of aromatic nitrogens is 2. The molecule has 1 atom stereocenters. The van der Waals surface area contributed by atoms with Crippen LogP contribution in [0.15, 0.2) is 58.4 Å². The van der Waals surface area contributed by atoms with Crippen molar-refractivity contribution < 1.29 is 18.3 Å². The number of aromatic amines is 1. The third kappa shape index (κ3) is 4.66. The molecule has 35 heavy (non-hydrogen) atoms. The molecular formula is C25H28N4O5S. The summed E-state index contributed by atoms with van der Waals surface area (Å²) in [5, 5.41) is 10.6. The molecule has 4 rings (SSSR count). The molecule has 0 aliphatic carbocycles. The number of nitrogens with one attached hydrogen (secondary N) is 2. The van der Waals surface area contributed by atoms with Gasteiger partial charge in [0.25, 0.3) is 21.5 Å². The Balaban J connectivity index is 1.82. The van der Waals surface area contributed by atoms with Crippen molar-refractivity contribution in [3.63, 3.8) is 0 Å². The number of hydrogen-bond donors (Lipinski definition) is 3. The number of amides is 1. The van der Waals surface area contributed by atoms with Crippen molar-refractivity contribution in [3.05, 3.63) is 70.1 Å². The summed E-state index contributed by atoms with van der Waals surface area (Å²) in [5.74, 6) is -0.174. The predicted molar refractivity (Wildman–Crippen MR) is 133 cm³/mol. The third-order valence-corrected chi connectivity index (χ3v) is 7.62. The van der Waals surface area contributed by atoms with Crippen LogP contribution in [-0.2, 0) is 10.0 Å². The molecule has 3 N–H and O–H groups in total. The Morgan fingerprint density at radius 2 is 1.94 bits per heavy atom. The number of phenolic OH excluding ortho intramolecular Hbond substituents is 1. The van der Waals surface area contributed by atoms with Gasteiger partial charge < -0.3 is 15.0 Å². The number of benzene rings is 1. The highest BCUT2D eigenvalue weighted by Crippen LogP contribution is 2.39. The molecule has 0 unspecified atom stereocenters. The number of hydrogen-bond acceptors (Lipinski definition) is 7. The molecule has 2 aromatic heterocycles. The largest absolute Gasteiger partial charge is 0.507 e. The van der Waals surface area contributed by atoms with Gasteiger partial charge in [-0.25, -0.2) is 18.1 Å². The number of nitrogens with zero attached hydrogens (tertiary/aromatic N) is 2. The van der Waals surface area contributed by atoms with Crippen LogP contribution in [0.1, 0.15) is 43.1 Å². The zero-order chi connectivity index (χ0) is 25.5. The van der Waals surface area contributed by atoms with Gasteiger partial charge in [0, 0.05) is 23.8 Å². The highest BCUT2D eigenvalue weighted by molar-refractivity contribution is 7.90. The summed E-state index contributed by atoms with van der Waals surface area (Å²) in [5.41, 5.74) is 0.526. The zero-order valence-electron chi connectivity index (χ0n) is 20.0. The average molecular weight is 497 g/mol. The van der Waals surface area contributed by atoms with Crippen molar-refractivity contribution >= 4 is 21.7 Å². The van der Waals surface area contributed by atoms with Gasteiger partial charge in [-0.3, -0.25) is 9.59 Å². The van der Waals surface area contributed by atoms with E-state index in [1.54, 1.807) is 31.2 Å². The molecule has 184 valence electrons. The highest BCUT2D eigenvalue weighted by atomic mass is 32.2. The molecule has 1 saturated heterocycles. The van der Waals surface area contributed by atoms with E-state index in [1.165, 1.54) is 18.3 Å². The number of rotatable bonds is 5. The van der Waals surface area contributed by atoms with E-state index in [-0.39, 0.29) is 16.9 Å². The van der Waals surface area contributed by atoms with E-state index < -0.39 is 26.4 Å². The van der Waals surface area contributed by atoms with Gasteiger partial charge in [-0.1, -0.05) is 19.1 Å². The zero-order valence-corrected chi connectivity index (χ0v) is 20.8. The van der Waals surface area contributed by atoms with Crippen LogP contribution >= 0.6 is 0 Å². The molecule has 1 aliphatic heterocycles. The molecule has 10 heteroatoms. The van der Waals surface area contributed by atoms with E-state index in [0.717, 1.165) is 12.5 Å². The second-order valence-corrected chi connectivity index (χ2v) is 11.2. The number of pyridine rings is 2. The van der Waals surface area contributed by atoms with E-state index in [1.807, 2.05) is 23.5 Å². The first-order chi connectivity index (χ1) is 16.4. The van der Waals surface area contributed by atoms with Gasteiger partial charge in [0.1, 0.15) is 11.6 Å². The van der Waals surface area contributed by atoms with Crippen LogP contribution in [0.25, 0.3) is 11.3 Å². The standard InChI is InChI=1S/C25H28N4O5S/c1-15-13-25(3,4)29(14-15)22-18(10-11-19(27-22)17-8-5-7-16(2)21(17)30)23(31)28-35(33,34)20-9-6-12-26-24(20)32/h5-12,15,30H,13-14H2,1-4H3,(H,26,32)(H,28,31)/t15-/m0/s1. The Hall–Kier alpha value is -3.66. The molecular weight excluding hydrogens is 468 g/mol. The van der Waals surface area contributed by atoms with Crippen LogP contribution < -0.4 is 15.2 Å². The van der Waals surface area contributed by atoms with E-state index in [0.29, 0.717) is 35.1 Å². The lowest BCUT2D eigenvalue weighted by Gasteiger charge is -2.34. The van der Waals surface area contributed by atoms with Crippen molar-refractivity contribution in [2.75, 3.05) is 11.4 Å². The Morgan fingerprint density at radius 3 is 2.60 bits per heavy atom. The second kappa shape index (κ2) is 8.84. The Kier molecular flexibility index (Phi) is 6.18. The molecule has 0 spiro atoms. The van der Waals surface area contributed by atoms with Crippen molar-refractivity contribution in [1.29, 1.82) is 0 Å². The van der Waals surface area contributed by atoms with Gasteiger partial charge in [-0.2, -0.15) is 0 Å². The van der Waals surface area contributed by atoms with Gasteiger partial charge in [0.2, 0.25) is 0 Å². The molecule has 1 amide bonds. The molecule has 1 fully saturated rings. The Morgan fingerprint density at radius 1 is 1.20 bits per heavy atom. The maximum absolute atomic E-state index is 13.3. The quantitative estimate of drug-likeness (QED) is 0.494. The van der Waals surface area contributed by atoms with Gasteiger partial charge in [0.15, 0.2) is 4.90 Å². The monoisotopic (exact) mass is 496 g/mol. The highest BCUT2D eigenvalue weighted by Gasteiger charge is 2.39. The van der Waals surface area contributed by atoms with Crippen LogP contribution in [0, 0.1) is 12.8 Å². The Labute approximate surface area is 203 Å². The SMILES string of the molecule is Cc1cccc(-c2ccc(C(=O)NS(=O)(=O)c3ccc[nH]c3=O)c(N3C[C@@H](C)CC3(C)C)n2)c1O. The molecule has 3 heterocycles. The molecule has 3 aromatic rings. The number of sulfonamides is 1. The van der Waals surface area contributed by atoms with Crippen LogP contribution in [0.3, 0.4) is 0 Å². The summed E-state index contributed by atoms with van der Waals surface area (Å²) in [6.45, 7) is 8.58. The summed E-state index contributed by atoms with van der Waals surface area (Å²) in [6.07, 6.45) is 2.16.